The lowest BCUT2D eigenvalue weighted by Gasteiger charge is -2.22. The Morgan fingerprint density at radius 3 is 2.71 bits per heavy atom. The second-order valence-corrected chi connectivity index (χ2v) is 7.57. The van der Waals surface area contributed by atoms with E-state index in [9.17, 15) is 22.8 Å². The Morgan fingerprint density at radius 2 is 1.94 bits per heavy atom. The van der Waals surface area contributed by atoms with Crippen molar-refractivity contribution in [2.45, 2.75) is 19.6 Å². The first-order chi connectivity index (χ1) is 16.2. The van der Waals surface area contributed by atoms with E-state index in [1.807, 2.05) is 0 Å². The van der Waals surface area contributed by atoms with Gasteiger partial charge in [0.1, 0.15) is 11.2 Å². The summed E-state index contributed by atoms with van der Waals surface area (Å²) in [5.74, 6) is 0.120. The molecule has 1 amide bonds. The third-order valence-electron chi connectivity index (χ3n) is 5.31. The molecule has 0 atom stereocenters. The number of hydrogen-bond acceptors (Lipinski definition) is 5. The van der Waals surface area contributed by atoms with Crippen molar-refractivity contribution < 1.29 is 22.8 Å². The van der Waals surface area contributed by atoms with Crippen molar-refractivity contribution >= 4 is 22.6 Å². The zero-order valence-corrected chi connectivity index (χ0v) is 17.6. The second-order valence-electron chi connectivity index (χ2n) is 7.57. The zero-order valence-electron chi connectivity index (χ0n) is 17.6. The van der Waals surface area contributed by atoms with Crippen molar-refractivity contribution in [3.8, 4) is 17.1 Å². The number of nitrogens with zero attached hydrogens (tertiary/aromatic N) is 4. The van der Waals surface area contributed by atoms with Crippen LogP contribution in [0.3, 0.4) is 0 Å². The third-order valence-corrected chi connectivity index (χ3v) is 5.31. The number of para-hydroxylation sites is 1. The molecule has 0 bridgehead atoms. The van der Waals surface area contributed by atoms with E-state index in [2.05, 4.69) is 15.6 Å². The molecule has 8 nitrogen and oxygen atoms in total. The van der Waals surface area contributed by atoms with E-state index >= 15 is 0 Å². The SMILES string of the molecule is CC(=O)NOc1ccccc1-c1nc(=O)c2cnn3c2n1CC=C3c1cccc(C(F)(F)F)c1. The molecule has 4 aromatic rings. The van der Waals surface area contributed by atoms with Crippen LogP contribution in [0.5, 0.6) is 5.75 Å². The van der Waals surface area contributed by atoms with Crippen LogP contribution in [0.2, 0.25) is 0 Å². The van der Waals surface area contributed by atoms with Gasteiger partial charge in [-0.3, -0.25) is 9.59 Å². The topological polar surface area (TPSA) is 91.0 Å². The van der Waals surface area contributed by atoms with Crippen LogP contribution in [-0.4, -0.2) is 25.2 Å². The van der Waals surface area contributed by atoms with Gasteiger partial charge >= 0.3 is 6.18 Å². The molecular weight excluding hydrogens is 451 g/mol. The van der Waals surface area contributed by atoms with Crippen LogP contribution in [0, 0.1) is 0 Å². The van der Waals surface area contributed by atoms with E-state index in [4.69, 9.17) is 4.84 Å². The summed E-state index contributed by atoms with van der Waals surface area (Å²) in [6.45, 7) is 1.50. The van der Waals surface area contributed by atoms with Crippen LogP contribution in [0.4, 0.5) is 13.2 Å². The second kappa shape index (κ2) is 7.87. The molecule has 0 radical (unpaired) electrons. The number of allylic oxidation sites excluding steroid dienone is 1. The Morgan fingerprint density at radius 1 is 1.15 bits per heavy atom. The van der Waals surface area contributed by atoms with Gasteiger partial charge in [0.05, 0.1) is 23.0 Å². The van der Waals surface area contributed by atoms with Crippen LogP contribution >= 0.6 is 0 Å². The highest BCUT2D eigenvalue weighted by Gasteiger charge is 2.31. The predicted octanol–water partition coefficient (Wildman–Crippen LogP) is 3.61. The minimum atomic E-state index is -4.49. The summed E-state index contributed by atoms with van der Waals surface area (Å²) in [7, 11) is 0. The Hall–Kier alpha value is -4.41. The monoisotopic (exact) mass is 467 g/mol. The van der Waals surface area contributed by atoms with Gasteiger partial charge in [0.25, 0.3) is 5.56 Å². The molecule has 5 rings (SSSR count). The molecular formula is C23H16F3N5O3. The van der Waals surface area contributed by atoms with Gasteiger partial charge in [-0.15, -0.1) is 0 Å². The summed E-state index contributed by atoms with van der Waals surface area (Å²) in [6, 6.07) is 11.6. The molecule has 0 spiro atoms. The van der Waals surface area contributed by atoms with E-state index < -0.39 is 23.2 Å². The van der Waals surface area contributed by atoms with Gasteiger partial charge in [0, 0.05) is 19.0 Å². The maximum Gasteiger partial charge on any atom is 0.416 e. The summed E-state index contributed by atoms with van der Waals surface area (Å²) in [4.78, 5) is 33.7. The summed E-state index contributed by atoms with van der Waals surface area (Å²) in [6.07, 6.45) is -1.44. The van der Waals surface area contributed by atoms with Crippen molar-refractivity contribution in [2.75, 3.05) is 0 Å². The molecule has 172 valence electrons. The fourth-order valence-electron chi connectivity index (χ4n) is 3.85. The molecule has 2 aromatic heterocycles. The molecule has 34 heavy (non-hydrogen) atoms. The molecule has 0 fully saturated rings. The minimum absolute atomic E-state index is 0.213. The minimum Gasteiger partial charge on any atom is -0.379 e. The number of nitrogens with one attached hydrogen (secondary N) is 1. The molecule has 1 aliphatic rings. The summed E-state index contributed by atoms with van der Waals surface area (Å²) < 4.78 is 42.9. The number of hydroxylamine groups is 1. The van der Waals surface area contributed by atoms with Crippen LogP contribution in [0.1, 0.15) is 18.1 Å². The van der Waals surface area contributed by atoms with Crippen LogP contribution in [-0.2, 0) is 17.5 Å². The van der Waals surface area contributed by atoms with Crippen LogP contribution in [0.25, 0.3) is 28.1 Å². The average molecular weight is 467 g/mol. The van der Waals surface area contributed by atoms with Crippen molar-refractivity contribution in [3.05, 3.63) is 82.3 Å². The highest BCUT2D eigenvalue weighted by atomic mass is 19.4. The number of rotatable bonds is 4. The number of amides is 1. The van der Waals surface area contributed by atoms with E-state index in [-0.39, 0.29) is 23.5 Å². The molecule has 0 aliphatic carbocycles. The van der Waals surface area contributed by atoms with E-state index in [1.54, 1.807) is 41.0 Å². The van der Waals surface area contributed by atoms with Gasteiger partial charge in [-0.05, 0) is 30.3 Å². The molecule has 0 saturated heterocycles. The fraction of sp³-hybridized carbons (Fsp3) is 0.130. The zero-order chi connectivity index (χ0) is 24.0. The largest absolute Gasteiger partial charge is 0.416 e. The fourth-order valence-corrected chi connectivity index (χ4v) is 3.85. The molecule has 3 heterocycles. The molecule has 1 aliphatic heterocycles. The first-order valence-electron chi connectivity index (χ1n) is 10.1. The van der Waals surface area contributed by atoms with Gasteiger partial charge in [0.2, 0.25) is 5.91 Å². The van der Waals surface area contributed by atoms with Crippen LogP contribution in [0.15, 0.2) is 65.6 Å². The number of carbonyl (C=O) groups excluding carboxylic acids is 1. The number of benzene rings is 2. The summed E-state index contributed by atoms with van der Waals surface area (Å²) in [5.41, 5.74) is 2.48. The maximum absolute atomic E-state index is 13.3. The van der Waals surface area contributed by atoms with Crippen molar-refractivity contribution in [1.82, 2.24) is 24.8 Å². The number of hydrogen-bond donors (Lipinski definition) is 1. The third kappa shape index (κ3) is 3.60. The van der Waals surface area contributed by atoms with Crippen molar-refractivity contribution in [3.63, 3.8) is 0 Å². The average Bonchev–Trinajstić information content (AvgIpc) is 3.26. The number of alkyl halides is 3. The smallest absolute Gasteiger partial charge is 0.379 e. The lowest BCUT2D eigenvalue weighted by molar-refractivity contribution is -0.137. The van der Waals surface area contributed by atoms with E-state index in [0.717, 1.165) is 12.1 Å². The van der Waals surface area contributed by atoms with E-state index in [1.165, 1.54) is 23.9 Å². The molecule has 11 heteroatoms. The van der Waals surface area contributed by atoms with E-state index in [0.29, 0.717) is 22.5 Å². The number of halogens is 3. The molecule has 1 N–H and O–H groups in total. The summed E-state index contributed by atoms with van der Waals surface area (Å²) >= 11 is 0. The first kappa shape index (κ1) is 21.4. The first-order valence-corrected chi connectivity index (χ1v) is 10.1. The van der Waals surface area contributed by atoms with Gasteiger partial charge in [-0.25, -0.2) is 4.68 Å². The Labute approximate surface area is 189 Å². The molecule has 0 saturated carbocycles. The Balaban J connectivity index is 1.67. The number of carbonyl (C=O) groups is 1. The summed E-state index contributed by atoms with van der Waals surface area (Å²) in [5, 5.41) is 4.49. The van der Waals surface area contributed by atoms with Gasteiger partial charge in [-0.1, -0.05) is 24.3 Å². The van der Waals surface area contributed by atoms with Crippen LogP contribution < -0.4 is 15.9 Å². The number of aromatic nitrogens is 4. The highest BCUT2D eigenvalue weighted by Crippen LogP contribution is 2.35. The normalized spacial score (nSPS) is 13.0. The standard InChI is InChI=1S/C23H16F3N5O3/c1-13(32)29-34-19-8-3-2-7-16(19)20-28-21(33)17-12-27-31-18(9-10-30(20)22(17)31)14-5-4-6-15(11-14)23(24,25)26/h2-9,11-12H,10H2,1H3,(H,29,32). The molecule has 2 aromatic carbocycles. The predicted molar refractivity (Wildman–Crippen MR) is 116 cm³/mol. The van der Waals surface area contributed by atoms with Gasteiger partial charge < -0.3 is 9.40 Å². The lowest BCUT2D eigenvalue weighted by atomic mass is 10.1. The lowest BCUT2D eigenvalue weighted by Crippen LogP contribution is -2.25. The highest BCUT2D eigenvalue weighted by molar-refractivity contribution is 5.85. The quantitative estimate of drug-likeness (QED) is 0.463. The van der Waals surface area contributed by atoms with Gasteiger partial charge in [-0.2, -0.15) is 28.7 Å². The molecule has 0 unspecified atom stereocenters. The maximum atomic E-state index is 13.3. The Bertz CT molecular complexity index is 1540. The Kier molecular flexibility index (Phi) is 4.96. The van der Waals surface area contributed by atoms with Crippen molar-refractivity contribution in [2.24, 2.45) is 0 Å². The van der Waals surface area contributed by atoms with Gasteiger partial charge in [0.15, 0.2) is 11.4 Å². The van der Waals surface area contributed by atoms with Crippen molar-refractivity contribution in [1.29, 1.82) is 0 Å².